The first-order valence-electron chi connectivity index (χ1n) is 6.97. The van der Waals surface area contributed by atoms with Crippen molar-refractivity contribution in [3.63, 3.8) is 0 Å². The molecule has 2 heterocycles. The zero-order valence-electron chi connectivity index (χ0n) is 12.7. The molecule has 3 aromatic rings. The van der Waals surface area contributed by atoms with Crippen molar-refractivity contribution >= 4 is 33.1 Å². The third kappa shape index (κ3) is 2.69. The second-order valence-corrected chi connectivity index (χ2v) is 5.81. The van der Waals surface area contributed by atoms with Crippen molar-refractivity contribution in [2.75, 3.05) is 19.5 Å². The molecule has 1 aromatic carbocycles. The van der Waals surface area contributed by atoms with Crippen molar-refractivity contribution in [1.29, 1.82) is 0 Å². The van der Waals surface area contributed by atoms with Crippen molar-refractivity contribution < 1.29 is 9.47 Å². The second kappa shape index (κ2) is 6.19. The topological polar surface area (TPSA) is 56.3 Å². The van der Waals surface area contributed by atoms with Gasteiger partial charge in [0, 0.05) is 10.9 Å². The van der Waals surface area contributed by atoms with E-state index in [0.717, 1.165) is 33.9 Å². The summed E-state index contributed by atoms with van der Waals surface area (Å²) < 4.78 is 10.6. The molecule has 0 saturated carbocycles. The molecule has 0 atom stereocenters. The van der Waals surface area contributed by atoms with Crippen LogP contribution >= 0.6 is 11.3 Å². The number of hydrogen-bond donors (Lipinski definition) is 1. The molecule has 22 heavy (non-hydrogen) atoms. The van der Waals surface area contributed by atoms with Gasteiger partial charge in [0.15, 0.2) is 0 Å². The fourth-order valence-corrected chi connectivity index (χ4v) is 3.14. The molecule has 0 radical (unpaired) electrons. The lowest BCUT2D eigenvalue weighted by Crippen LogP contribution is -1.98. The molecule has 0 fully saturated rings. The van der Waals surface area contributed by atoms with Crippen molar-refractivity contribution in [3.05, 3.63) is 35.5 Å². The molecule has 0 bridgehead atoms. The average Bonchev–Trinajstić information content (AvgIpc) is 2.99. The standard InChI is InChI=1S/C16H17N3O2S/c1-4-11-8-12-15(17-9-18-16(12)22-11)19-13-6-5-10(20-2)7-14(13)21-3/h5-9H,4H2,1-3H3,(H,17,18,19). The summed E-state index contributed by atoms with van der Waals surface area (Å²) in [6.45, 7) is 2.14. The number of benzene rings is 1. The Bertz CT molecular complexity index is 801. The van der Waals surface area contributed by atoms with Crippen LogP contribution in [0.15, 0.2) is 30.6 Å². The van der Waals surface area contributed by atoms with Gasteiger partial charge in [-0.05, 0) is 24.6 Å². The molecule has 0 saturated heterocycles. The lowest BCUT2D eigenvalue weighted by molar-refractivity contribution is 0.395. The van der Waals surface area contributed by atoms with E-state index in [4.69, 9.17) is 9.47 Å². The first-order chi connectivity index (χ1) is 10.7. The molecule has 1 N–H and O–H groups in total. The second-order valence-electron chi connectivity index (χ2n) is 4.70. The average molecular weight is 315 g/mol. The van der Waals surface area contributed by atoms with E-state index in [1.807, 2.05) is 18.2 Å². The first-order valence-corrected chi connectivity index (χ1v) is 7.79. The maximum absolute atomic E-state index is 5.42. The number of aryl methyl sites for hydroxylation is 1. The maximum atomic E-state index is 5.42. The number of fused-ring (bicyclic) bond motifs is 1. The Morgan fingerprint density at radius 2 is 2.00 bits per heavy atom. The van der Waals surface area contributed by atoms with Crippen LogP contribution in [0, 0.1) is 0 Å². The number of hydrogen-bond acceptors (Lipinski definition) is 6. The van der Waals surface area contributed by atoms with E-state index in [9.17, 15) is 0 Å². The highest BCUT2D eigenvalue weighted by molar-refractivity contribution is 7.18. The molecule has 0 unspecified atom stereocenters. The number of nitrogens with one attached hydrogen (secondary N) is 1. The first kappa shape index (κ1) is 14.6. The Balaban J connectivity index is 2.01. The highest BCUT2D eigenvalue weighted by atomic mass is 32.1. The zero-order chi connectivity index (χ0) is 15.5. The largest absolute Gasteiger partial charge is 0.497 e. The van der Waals surface area contributed by atoms with Gasteiger partial charge >= 0.3 is 0 Å². The van der Waals surface area contributed by atoms with E-state index in [-0.39, 0.29) is 0 Å². The molecule has 114 valence electrons. The molecule has 0 amide bonds. The van der Waals surface area contributed by atoms with E-state index >= 15 is 0 Å². The van der Waals surface area contributed by atoms with Crippen LogP contribution in [0.3, 0.4) is 0 Å². The van der Waals surface area contributed by atoms with E-state index in [1.54, 1.807) is 31.9 Å². The van der Waals surface area contributed by atoms with E-state index in [0.29, 0.717) is 5.75 Å². The number of anilines is 2. The predicted molar refractivity (Wildman–Crippen MR) is 89.6 cm³/mol. The molecule has 0 aliphatic rings. The number of ether oxygens (including phenoxy) is 2. The summed E-state index contributed by atoms with van der Waals surface area (Å²) in [4.78, 5) is 11.0. The summed E-state index contributed by atoms with van der Waals surface area (Å²) in [6, 6.07) is 7.77. The minimum Gasteiger partial charge on any atom is -0.497 e. The zero-order valence-corrected chi connectivity index (χ0v) is 13.5. The van der Waals surface area contributed by atoms with Gasteiger partial charge in [0.1, 0.15) is 28.5 Å². The lowest BCUT2D eigenvalue weighted by atomic mass is 10.2. The highest BCUT2D eigenvalue weighted by Crippen LogP contribution is 2.34. The van der Waals surface area contributed by atoms with Gasteiger partial charge < -0.3 is 14.8 Å². The fraction of sp³-hybridized carbons (Fsp3) is 0.250. The molecule has 0 aliphatic heterocycles. The summed E-state index contributed by atoms with van der Waals surface area (Å²) in [7, 11) is 3.27. The molecule has 0 aliphatic carbocycles. The normalized spacial score (nSPS) is 10.7. The van der Waals surface area contributed by atoms with Crippen LogP contribution < -0.4 is 14.8 Å². The Morgan fingerprint density at radius 1 is 1.14 bits per heavy atom. The van der Waals surface area contributed by atoms with Crippen molar-refractivity contribution in [3.8, 4) is 11.5 Å². The monoisotopic (exact) mass is 315 g/mol. The van der Waals surface area contributed by atoms with Crippen LogP contribution in [0.2, 0.25) is 0 Å². The number of aromatic nitrogens is 2. The summed E-state index contributed by atoms with van der Waals surface area (Å²) in [5.74, 6) is 2.24. The Kier molecular flexibility index (Phi) is 4.11. The van der Waals surface area contributed by atoms with E-state index < -0.39 is 0 Å². The van der Waals surface area contributed by atoms with E-state index in [2.05, 4.69) is 28.3 Å². The third-order valence-electron chi connectivity index (χ3n) is 3.39. The smallest absolute Gasteiger partial charge is 0.146 e. The molecule has 6 heteroatoms. The summed E-state index contributed by atoms with van der Waals surface area (Å²) in [6.07, 6.45) is 2.57. The molecular weight excluding hydrogens is 298 g/mol. The van der Waals surface area contributed by atoms with E-state index in [1.165, 1.54) is 4.88 Å². The molecule has 5 nitrogen and oxygen atoms in total. The molecule has 0 spiro atoms. The van der Waals surface area contributed by atoms with Crippen molar-refractivity contribution in [1.82, 2.24) is 9.97 Å². The minimum atomic E-state index is 0.706. The number of methoxy groups -OCH3 is 2. The Hall–Kier alpha value is -2.34. The van der Waals surface area contributed by atoms with Gasteiger partial charge in [0.25, 0.3) is 0 Å². The van der Waals surface area contributed by atoms with Gasteiger partial charge in [-0.15, -0.1) is 11.3 Å². The molecule has 2 aromatic heterocycles. The number of nitrogens with zero attached hydrogens (tertiary/aromatic N) is 2. The minimum absolute atomic E-state index is 0.706. The van der Waals surface area contributed by atoms with Crippen molar-refractivity contribution in [2.24, 2.45) is 0 Å². The van der Waals surface area contributed by atoms with Crippen LogP contribution in [0.4, 0.5) is 11.5 Å². The van der Waals surface area contributed by atoms with Crippen molar-refractivity contribution in [2.45, 2.75) is 13.3 Å². The molecule has 3 rings (SSSR count). The van der Waals surface area contributed by atoms with Gasteiger partial charge in [-0.2, -0.15) is 0 Å². The summed E-state index contributed by atoms with van der Waals surface area (Å²) >= 11 is 1.70. The van der Waals surface area contributed by atoms with Gasteiger partial charge in [-0.25, -0.2) is 9.97 Å². The van der Waals surface area contributed by atoms with Gasteiger partial charge in [-0.1, -0.05) is 6.92 Å². The van der Waals surface area contributed by atoms with Gasteiger partial charge in [0.05, 0.1) is 25.3 Å². The fourth-order valence-electron chi connectivity index (χ4n) is 2.21. The summed E-state index contributed by atoms with van der Waals surface area (Å²) in [5.41, 5.74) is 0.840. The number of thiophene rings is 1. The van der Waals surface area contributed by atoms with Crippen LogP contribution in [-0.4, -0.2) is 24.2 Å². The van der Waals surface area contributed by atoms with Crippen LogP contribution in [0.1, 0.15) is 11.8 Å². The van der Waals surface area contributed by atoms with Gasteiger partial charge in [-0.3, -0.25) is 0 Å². The SMILES string of the molecule is CCc1cc2c(Nc3ccc(OC)cc3OC)ncnc2s1. The van der Waals surface area contributed by atoms with Crippen LogP contribution in [-0.2, 0) is 6.42 Å². The Morgan fingerprint density at radius 3 is 2.73 bits per heavy atom. The number of rotatable bonds is 5. The van der Waals surface area contributed by atoms with Gasteiger partial charge in [0.2, 0.25) is 0 Å². The molecular formula is C16H17N3O2S. The maximum Gasteiger partial charge on any atom is 0.146 e. The predicted octanol–water partition coefficient (Wildman–Crippen LogP) is 4.01. The third-order valence-corrected chi connectivity index (χ3v) is 4.58. The lowest BCUT2D eigenvalue weighted by Gasteiger charge is -2.12. The quantitative estimate of drug-likeness (QED) is 0.771. The van der Waals surface area contributed by atoms with Crippen LogP contribution in [0.25, 0.3) is 10.2 Å². The summed E-state index contributed by atoms with van der Waals surface area (Å²) in [5, 5.41) is 4.36. The Labute approximate surface area is 132 Å². The van der Waals surface area contributed by atoms with Crippen LogP contribution in [0.5, 0.6) is 11.5 Å². The highest BCUT2D eigenvalue weighted by Gasteiger charge is 2.11.